The third-order valence-corrected chi connectivity index (χ3v) is 12.1. The van der Waals surface area contributed by atoms with Gasteiger partial charge in [0, 0.05) is 43.9 Å². The number of aliphatic hydroxyl groups excluding tert-OH is 2. The van der Waals surface area contributed by atoms with Gasteiger partial charge in [0.05, 0.1) is 41.5 Å². The van der Waals surface area contributed by atoms with Gasteiger partial charge in [-0.1, -0.05) is 48.5 Å². The number of carbonyl (C=O) groups is 2. The monoisotopic (exact) mass is 744 g/mol. The SMILES string of the molecule is CC[C@H]1OC(=O)[C@H](C)[C@@H](O[C@H]2C[C@@](C)(OC)[C@@H](O)[C@H](C)O2)[C@H](C)[C@@H](O[C@@H]2O[C@H](C)C[C@H](N(C)CC(C)C)[C@H]2O)C(C)(O)C[C@@H](C)C(=O)[C@H](C)C[C@H]1C. The molecule has 0 spiro atoms. The van der Waals surface area contributed by atoms with E-state index in [9.17, 15) is 24.9 Å². The normalized spacial score (nSPS) is 46.2. The van der Waals surface area contributed by atoms with Crippen LogP contribution < -0.4 is 0 Å². The second kappa shape index (κ2) is 18.6. The fraction of sp³-hybridized carbons (Fsp3) is 0.950. The molecule has 17 atom stereocenters. The van der Waals surface area contributed by atoms with E-state index in [0.29, 0.717) is 25.2 Å². The summed E-state index contributed by atoms with van der Waals surface area (Å²) < 4.78 is 37.9. The van der Waals surface area contributed by atoms with E-state index in [2.05, 4.69) is 18.7 Å². The highest BCUT2D eigenvalue weighted by Crippen LogP contribution is 2.40. The quantitative estimate of drug-likeness (QED) is 0.280. The highest BCUT2D eigenvalue weighted by atomic mass is 16.7. The maximum atomic E-state index is 14.1. The van der Waals surface area contributed by atoms with Gasteiger partial charge in [-0.25, -0.2) is 0 Å². The number of cyclic esters (lactones) is 1. The van der Waals surface area contributed by atoms with Gasteiger partial charge in [-0.15, -0.1) is 0 Å². The van der Waals surface area contributed by atoms with Gasteiger partial charge in [-0.2, -0.15) is 0 Å². The zero-order chi connectivity index (χ0) is 39.5. The average Bonchev–Trinajstić information content (AvgIpc) is 3.06. The molecule has 0 saturated carbocycles. The third-order valence-electron chi connectivity index (χ3n) is 12.1. The predicted octanol–water partition coefficient (Wildman–Crippen LogP) is 4.73. The Balaban J connectivity index is 2.13. The predicted molar refractivity (Wildman–Crippen MR) is 197 cm³/mol. The molecule has 0 amide bonds. The number of esters is 1. The van der Waals surface area contributed by atoms with Crippen LogP contribution in [-0.2, 0) is 38.0 Å². The zero-order valence-corrected chi connectivity index (χ0v) is 34.5. The zero-order valence-electron chi connectivity index (χ0n) is 34.5. The van der Waals surface area contributed by atoms with Gasteiger partial charge >= 0.3 is 5.97 Å². The van der Waals surface area contributed by atoms with Crippen molar-refractivity contribution in [1.82, 2.24) is 4.90 Å². The van der Waals surface area contributed by atoms with E-state index in [1.807, 2.05) is 48.6 Å². The molecule has 3 rings (SSSR count). The van der Waals surface area contributed by atoms with Crippen molar-refractivity contribution in [3.63, 3.8) is 0 Å². The number of Topliss-reactive ketones (excluding diaryl/α,β-unsaturated/α-hetero) is 1. The van der Waals surface area contributed by atoms with Gasteiger partial charge in [-0.05, 0) is 79.2 Å². The standard InChI is InChI=1S/C40H73NO11/c1-15-30-22(4)16-23(5)32(42)24(6)18-39(11,46)36(52-38-33(43)29(17-25(7)48-38)41(13)20-21(2)3)26(8)34(27(9)37(45)50-30)51-31-19-40(12,47-14)35(44)28(10)49-31/h21-31,33-36,38,43-44,46H,15-20H2,1-14H3/t22-,23-,24-,25-,26+,27-,28+,29+,30-,31+,33-,34+,35+,36-,38+,39?,40-/m1/s1. The van der Waals surface area contributed by atoms with Crippen molar-refractivity contribution in [3.05, 3.63) is 0 Å². The van der Waals surface area contributed by atoms with E-state index >= 15 is 0 Å². The molecule has 304 valence electrons. The molecule has 0 radical (unpaired) electrons. The maximum absolute atomic E-state index is 14.1. The largest absolute Gasteiger partial charge is 0.462 e. The number of hydrogen-bond acceptors (Lipinski definition) is 12. The first-order chi connectivity index (χ1) is 24.1. The Labute approximate surface area is 313 Å². The summed E-state index contributed by atoms with van der Waals surface area (Å²) in [4.78, 5) is 30.0. The average molecular weight is 744 g/mol. The number of likely N-dealkylation sites (N-methyl/N-ethyl adjacent to an activating group) is 1. The van der Waals surface area contributed by atoms with Crippen LogP contribution in [0.15, 0.2) is 0 Å². The number of ether oxygens (including phenoxy) is 6. The summed E-state index contributed by atoms with van der Waals surface area (Å²) in [7, 11) is 3.51. The number of carbonyl (C=O) groups excluding carboxylic acids is 2. The number of methoxy groups -OCH3 is 1. The van der Waals surface area contributed by atoms with Crippen LogP contribution in [0.2, 0.25) is 0 Å². The molecule has 0 aliphatic carbocycles. The molecule has 0 aromatic carbocycles. The second-order valence-corrected chi connectivity index (χ2v) is 17.5. The lowest BCUT2D eigenvalue weighted by atomic mass is 9.75. The van der Waals surface area contributed by atoms with E-state index in [0.717, 1.165) is 6.54 Å². The van der Waals surface area contributed by atoms with Crippen LogP contribution in [0.4, 0.5) is 0 Å². The van der Waals surface area contributed by atoms with Crippen molar-refractivity contribution >= 4 is 11.8 Å². The van der Waals surface area contributed by atoms with Crippen LogP contribution in [0, 0.1) is 35.5 Å². The highest BCUT2D eigenvalue weighted by Gasteiger charge is 2.52. The molecule has 3 N–H and O–H groups in total. The topological polar surface area (TPSA) is 153 Å². The van der Waals surface area contributed by atoms with E-state index in [-0.39, 0.29) is 42.6 Å². The van der Waals surface area contributed by atoms with Gasteiger partial charge in [0.25, 0.3) is 0 Å². The molecule has 12 nitrogen and oxygen atoms in total. The Bertz CT molecular complexity index is 1150. The van der Waals surface area contributed by atoms with Crippen LogP contribution in [-0.4, -0.2) is 125 Å². The van der Waals surface area contributed by atoms with E-state index in [1.165, 1.54) is 7.11 Å². The summed E-state index contributed by atoms with van der Waals surface area (Å²) in [5.41, 5.74) is -2.62. The van der Waals surface area contributed by atoms with Gasteiger partial charge in [0.1, 0.15) is 24.1 Å². The van der Waals surface area contributed by atoms with E-state index in [1.54, 1.807) is 27.7 Å². The summed E-state index contributed by atoms with van der Waals surface area (Å²) in [5, 5.41) is 35.2. The molecule has 3 fully saturated rings. The minimum absolute atomic E-state index is 0.0119. The summed E-state index contributed by atoms with van der Waals surface area (Å²) >= 11 is 0. The Morgan fingerprint density at radius 3 is 2.15 bits per heavy atom. The number of nitrogens with zero attached hydrogens (tertiary/aromatic N) is 1. The molecule has 1 unspecified atom stereocenters. The molecule has 3 saturated heterocycles. The summed E-state index contributed by atoms with van der Waals surface area (Å²) in [6.45, 7) is 23.4. The molecule has 3 heterocycles. The van der Waals surface area contributed by atoms with Crippen molar-refractivity contribution in [2.24, 2.45) is 35.5 Å². The summed E-state index contributed by atoms with van der Waals surface area (Å²) in [5.74, 6) is -2.59. The van der Waals surface area contributed by atoms with E-state index < -0.39 is 84.1 Å². The highest BCUT2D eigenvalue weighted by molar-refractivity contribution is 5.83. The maximum Gasteiger partial charge on any atom is 0.311 e. The molecule has 0 aromatic heterocycles. The van der Waals surface area contributed by atoms with Gasteiger partial charge in [0.2, 0.25) is 0 Å². The summed E-state index contributed by atoms with van der Waals surface area (Å²) in [6, 6.07) is -0.263. The van der Waals surface area contributed by atoms with Crippen LogP contribution in [0.5, 0.6) is 0 Å². The van der Waals surface area contributed by atoms with Crippen molar-refractivity contribution in [1.29, 1.82) is 0 Å². The Kier molecular flexibility index (Phi) is 16.2. The molecular weight excluding hydrogens is 670 g/mol. The Hall–Kier alpha value is -1.22. The smallest absolute Gasteiger partial charge is 0.311 e. The minimum atomic E-state index is -1.64. The molecule has 3 aliphatic rings. The second-order valence-electron chi connectivity index (χ2n) is 17.5. The first kappa shape index (κ1) is 45.2. The van der Waals surface area contributed by atoms with Gasteiger partial charge in [0.15, 0.2) is 12.6 Å². The number of rotatable bonds is 9. The Morgan fingerprint density at radius 1 is 0.942 bits per heavy atom. The van der Waals surface area contributed by atoms with Crippen molar-refractivity contribution in [2.45, 2.75) is 188 Å². The fourth-order valence-electron chi connectivity index (χ4n) is 9.05. The van der Waals surface area contributed by atoms with E-state index in [4.69, 9.17) is 28.4 Å². The van der Waals surface area contributed by atoms with Gasteiger partial charge < -0.3 is 48.6 Å². The van der Waals surface area contributed by atoms with Crippen molar-refractivity contribution in [3.8, 4) is 0 Å². The lowest BCUT2D eigenvalue weighted by Gasteiger charge is -2.49. The summed E-state index contributed by atoms with van der Waals surface area (Å²) in [6.07, 6.45) is -5.34. The lowest BCUT2D eigenvalue weighted by molar-refractivity contribution is -0.318. The molecule has 3 aliphatic heterocycles. The fourth-order valence-corrected chi connectivity index (χ4v) is 9.05. The number of ketones is 1. The number of aliphatic hydroxyl groups is 3. The first-order valence-corrected chi connectivity index (χ1v) is 19.8. The van der Waals surface area contributed by atoms with Gasteiger partial charge in [-0.3, -0.25) is 9.59 Å². The van der Waals surface area contributed by atoms with Crippen LogP contribution in [0.25, 0.3) is 0 Å². The van der Waals surface area contributed by atoms with Crippen molar-refractivity contribution < 1.29 is 53.3 Å². The minimum Gasteiger partial charge on any atom is -0.462 e. The number of hydrogen-bond donors (Lipinski definition) is 3. The lowest BCUT2D eigenvalue weighted by Crippen LogP contribution is -2.61. The van der Waals surface area contributed by atoms with Crippen LogP contribution in [0.3, 0.4) is 0 Å². The van der Waals surface area contributed by atoms with Crippen LogP contribution >= 0.6 is 0 Å². The molecular formula is C40H73NO11. The Morgan fingerprint density at radius 2 is 1.58 bits per heavy atom. The molecule has 52 heavy (non-hydrogen) atoms. The molecule has 0 bridgehead atoms. The third kappa shape index (κ3) is 10.8. The first-order valence-electron chi connectivity index (χ1n) is 19.8. The van der Waals surface area contributed by atoms with Crippen LogP contribution in [0.1, 0.15) is 115 Å². The molecule has 12 heteroatoms. The molecule has 0 aromatic rings. The van der Waals surface area contributed by atoms with Crippen molar-refractivity contribution in [2.75, 3.05) is 20.7 Å².